The lowest BCUT2D eigenvalue weighted by Gasteiger charge is -2.05. The number of nitrogens with one attached hydrogen (secondary N) is 1. The summed E-state index contributed by atoms with van der Waals surface area (Å²) in [7, 11) is 3.71. The van der Waals surface area contributed by atoms with E-state index in [1.165, 1.54) is 0 Å². The van der Waals surface area contributed by atoms with Crippen molar-refractivity contribution in [1.82, 2.24) is 15.1 Å². The summed E-state index contributed by atoms with van der Waals surface area (Å²) in [5, 5.41) is 15.7. The van der Waals surface area contributed by atoms with Gasteiger partial charge in [0.15, 0.2) is 0 Å². The Morgan fingerprint density at radius 2 is 2.57 bits per heavy atom. The molecular formula is C9H14N4S. The molecule has 0 fully saturated rings. The van der Waals surface area contributed by atoms with Gasteiger partial charge >= 0.3 is 0 Å². The topological polar surface area (TPSA) is 53.6 Å². The molecule has 0 saturated carbocycles. The van der Waals surface area contributed by atoms with Gasteiger partial charge in [-0.2, -0.15) is 10.4 Å². The van der Waals surface area contributed by atoms with Gasteiger partial charge in [-0.15, -0.1) is 11.8 Å². The molecule has 0 aliphatic rings. The Bertz CT molecular complexity index is 315. The second kappa shape index (κ2) is 5.68. The molecule has 1 atom stereocenters. The van der Waals surface area contributed by atoms with E-state index in [1.54, 1.807) is 16.4 Å². The van der Waals surface area contributed by atoms with Crippen molar-refractivity contribution in [2.45, 2.75) is 17.4 Å². The molecule has 0 aromatic carbocycles. The van der Waals surface area contributed by atoms with Crippen LogP contribution in [0.5, 0.6) is 0 Å². The minimum atomic E-state index is -0.0424. The Balaban J connectivity index is 2.25. The summed E-state index contributed by atoms with van der Waals surface area (Å²) >= 11 is 1.73. The van der Waals surface area contributed by atoms with Gasteiger partial charge in [0.05, 0.1) is 18.3 Å². The smallest absolute Gasteiger partial charge is 0.0958 e. The highest BCUT2D eigenvalue weighted by Crippen LogP contribution is 2.17. The number of nitrogens with zero attached hydrogens (tertiary/aromatic N) is 3. The number of aromatic nitrogens is 2. The number of hydrogen-bond donors (Lipinski definition) is 1. The van der Waals surface area contributed by atoms with E-state index in [0.29, 0.717) is 0 Å². The zero-order chi connectivity index (χ0) is 10.4. The lowest BCUT2D eigenvalue weighted by Crippen LogP contribution is -2.23. The highest BCUT2D eigenvalue weighted by atomic mass is 32.2. The quantitative estimate of drug-likeness (QED) is 0.737. The van der Waals surface area contributed by atoms with E-state index in [0.717, 1.165) is 17.1 Å². The van der Waals surface area contributed by atoms with Crippen LogP contribution in [0.4, 0.5) is 0 Å². The second-order valence-corrected chi connectivity index (χ2v) is 4.13. The summed E-state index contributed by atoms with van der Waals surface area (Å²) in [5.74, 6) is 0.935. The van der Waals surface area contributed by atoms with Crippen LogP contribution in [0, 0.1) is 11.3 Å². The van der Waals surface area contributed by atoms with Crippen LogP contribution < -0.4 is 5.32 Å². The summed E-state index contributed by atoms with van der Waals surface area (Å²) in [6, 6.07) is 2.16. The van der Waals surface area contributed by atoms with Crippen LogP contribution in [-0.2, 0) is 7.05 Å². The fourth-order valence-corrected chi connectivity index (χ4v) is 1.98. The van der Waals surface area contributed by atoms with E-state index in [4.69, 9.17) is 5.26 Å². The van der Waals surface area contributed by atoms with Crippen molar-refractivity contribution < 1.29 is 0 Å². The van der Waals surface area contributed by atoms with E-state index in [1.807, 2.05) is 26.5 Å². The molecule has 0 saturated heterocycles. The van der Waals surface area contributed by atoms with Gasteiger partial charge in [0.25, 0.3) is 0 Å². The summed E-state index contributed by atoms with van der Waals surface area (Å²) < 4.78 is 1.78. The van der Waals surface area contributed by atoms with Crippen LogP contribution in [0.1, 0.15) is 6.42 Å². The van der Waals surface area contributed by atoms with Gasteiger partial charge in [-0.1, -0.05) is 0 Å². The molecule has 1 N–H and O–H groups in total. The Morgan fingerprint density at radius 1 is 1.79 bits per heavy atom. The Labute approximate surface area is 88.3 Å². The van der Waals surface area contributed by atoms with Crippen LogP contribution in [0.3, 0.4) is 0 Å². The maximum Gasteiger partial charge on any atom is 0.0958 e. The van der Waals surface area contributed by atoms with Crippen molar-refractivity contribution in [2.75, 3.05) is 12.8 Å². The number of nitriles is 1. The van der Waals surface area contributed by atoms with Crippen molar-refractivity contribution >= 4 is 11.8 Å². The van der Waals surface area contributed by atoms with Gasteiger partial charge in [-0.25, -0.2) is 0 Å². The molecule has 0 aliphatic carbocycles. The number of hydrogen-bond acceptors (Lipinski definition) is 4. The molecule has 0 amide bonds. The molecule has 1 rings (SSSR count). The first-order valence-corrected chi connectivity index (χ1v) is 5.43. The van der Waals surface area contributed by atoms with Crippen LogP contribution in [-0.4, -0.2) is 28.6 Å². The van der Waals surface area contributed by atoms with Crippen LogP contribution in [0.25, 0.3) is 0 Å². The van der Waals surface area contributed by atoms with E-state index >= 15 is 0 Å². The molecule has 4 nitrogen and oxygen atoms in total. The molecule has 14 heavy (non-hydrogen) atoms. The second-order valence-electron chi connectivity index (χ2n) is 2.96. The molecule has 1 aromatic heterocycles. The molecule has 76 valence electrons. The Kier molecular flexibility index (Phi) is 4.50. The van der Waals surface area contributed by atoms with Crippen molar-refractivity contribution in [3.63, 3.8) is 0 Å². The minimum absolute atomic E-state index is 0.0424. The molecule has 5 heteroatoms. The van der Waals surface area contributed by atoms with E-state index in [9.17, 15) is 0 Å². The van der Waals surface area contributed by atoms with Gasteiger partial charge in [0.2, 0.25) is 0 Å². The molecule has 0 spiro atoms. The minimum Gasteiger partial charge on any atom is -0.305 e. The maximum atomic E-state index is 8.69. The number of rotatable bonds is 5. The zero-order valence-electron chi connectivity index (χ0n) is 8.40. The molecule has 0 bridgehead atoms. The largest absolute Gasteiger partial charge is 0.305 e. The highest BCUT2D eigenvalue weighted by Gasteiger charge is 2.04. The molecular weight excluding hydrogens is 196 g/mol. The van der Waals surface area contributed by atoms with Crippen LogP contribution in [0.15, 0.2) is 17.3 Å². The van der Waals surface area contributed by atoms with E-state index in [-0.39, 0.29) is 6.04 Å². The van der Waals surface area contributed by atoms with Crippen molar-refractivity contribution in [1.29, 1.82) is 5.26 Å². The SMILES string of the molecule is CNC(C#N)CCSc1cnn(C)c1. The lowest BCUT2D eigenvalue weighted by atomic mass is 10.3. The highest BCUT2D eigenvalue weighted by molar-refractivity contribution is 7.99. The first kappa shape index (κ1) is 11.1. The number of aryl methyl sites for hydroxylation is 1. The predicted molar refractivity (Wildman–Crippen MR) is 57.0 cm³/mol. The van der Waals surface area contributed by atoms with Crippen LogP contribution >= 0.6 is 11.8 Å². The Hall–Kier alpha value is -0.990. The third-order valence-electron chi connectivity index (χ3n) is 1.86. The first-order chi connectivity index (χ1) is 6.76. The predicted octanol–water partition coefficient (Wildman–Crippen LogP) is 1.01. The molecule has 0 radical (unpaired) electrons. The zero-order valence-corrected chi connectivity index (χ0v) is 9.21. The Morgan fingerprint density at radius 3 is 3.07 bits per heavy atom. The first-order valence-electron chi connectivity index (χ1n) is 4.44. The van der Waals surface area contributed by atoms with Gasteiger partial charge in [0.1, 0.15) is 0 Å². The fraction of sp³-hybridized carbons (Fsp3) is 0.556. The maximum absolute atomic E-state index is 8.69. The van der Waals surface area contributed by atoms with Gasteiger partial charge < -0.3 is 5.32 Å². The average molecular weight is 210 g/mol. The third-order valence-corrected chi connectivity index (χ3v) is 2.84. The van der Waals surface area contributed by atoms with Crippen molar-refractivity contribution in [3.8, 4) is 6.07 Å². The van der Waals surface area contributed by atoms with Gasteiger partial charge in [-0.05, 0) is 13.5 Å². The normalized spacial score (nSPS) is 12.4. The van der Waals surface area contributed by atoms with Gasteiger partial charge in [-0.3, -0.25) is 4.68 Å². The third kappa shape index (κ3) is 3.40. The number of thioether (sulfide) groups is 1. The molecule has 1 aromatic rings. The van der Waals surface area contributed by atoms with Crippen molar-refractivity contribution in [2.24, 2.45) is 7.05 Å². The average Bonchev–Trinajstić information content (AvgIpc) is 2.59. The monoisotopic (exact) mass is 210 g/mol. The van der Waals surface area contributed by atoms with E-state index in [2.05, 4.69) is 16.5 Å². The van der Waals surface area contributed by atoms with Gasteiger partial charge in [0, 0.05) is 23.9 Å². The molecule has 1 heterocycles. The van der Waals surface area contributed by atoms with E-state index < -0.39 is 0 Å². The summed E-state index contributed by atoms with van der Waals surface area (Å²) in [6.45, 7) is 0. The lowest BCUT2D eigenvalue weighted by molar-refractivity contribution is 0.663. The van der Waals surface area contributed by atoms with Crippen LogP contribution in [0.2, 0.25) is 0 Å². The van der Waals surface area contributed by atoms with Crippen molar-refractivity contribution in [3.05, 3.63) is 12.4 Å². The fourth-order valence-electron chi connectivity index (χ4n) is 1.04. The summed E-state index contributed by atoms with van der Waals surface area (Å²) in [4.78, 5) is 1.15. The molecule has 1 unspecified atom stereocenters. The summed E-state index contributed by atoms with van der Waals surface area (Å²) in [5.41, 5.74) is 0. The molecule has 0 aliphatic heterocycles. The summed E-state index contributed by atoms with van der Waals surface area (Å²) in [6.07, 6.45) is 4.67. The standard InChI is InChI=1S/C9H14N4S/c1-11-8(5-10)3-4-14-9-6-12-13(2)7-9/h6-8,11H,3-4H2,1-2H3.